The van der Waals surface area contributed by atoms with Crippen molar-refractivity contribution in [2.24, 2.45) is 5.92 Å². The second-order valence-electron chi connectivity index (χ2n) is 6.28. The van der Waals surface area contributed by atoms with Gasteiger partial charge in [-0.2, -0.15) is 5.10 Å². The summed E-state index contributed by atoms with van der Waals surface area (Å²) in [5, 5.41) is 11.0. The van der Waals surface area contributed by atoms with Crippen LogP contribution in [-0.4, -0.2) is 39.6 Å². The van der Waals surface area contributed by atoms with Gasteiger partial charge in [0.1, 0.15) is 5.56 Å². The number of carbonyl (C=O) groups excluding carboxylic acids is 1. The predicted molar refractivity (Wildman–Crippen MR) is 85.1 cm³/mol. The first kappa shape index (κ1) is 15.0. The molecule has 1 saturated heterocycles. The van der Waals surface area contributed by atoms with Crippen molar-refractivity contribution in [2.75, 3.05) is 13.1 Å². The smallest absolute Gasteiger partial charge is 0.257 e. The molecule has 6 nitrogen and oxygen atoms in total. The SMILES string of the molecule is Cc1cc(C)n2nc(C)c(C(=O)NC3CCNCC3C)c2n1. The van der Waals surface area contributed by atoms with E-state index in [9.17, 15) is 4.79 Å². The number of aromatic nitrogens is 3. The molecule has 6 heteroatoms. The van der Waals surface area contributed by atoms with E-state index in [-0.39, 0.29) is 11.9 Å². The maximum absolute atomic E-state index is 12.8. The van der Waals surface area contributed by atoms with E-state index in [1.807, 2.05) is 26.8 Å². The minimum absolute atomic E-state index is 0.0660. The Bertz CT molecular complexity index is 721. The van der Waals surface area contributed by atoms with E-state index in [0.29, 0.717) is 17.1 Å². The minimum Gasteiger partial charge on any atom is -0.349 e. The van der Waals surface area contributed by atoms with Crippen molar-refractivity contribution in [1.29, 1.82) is 0 Å². The highest BCUT2D eigenvalue weighted by atomic mass is 16.1. The molecule has 0 spiro atoms. The second-order valence-corrected chi connectivity index (χ2v) is 6.28. The second kappa shape index (κ2) is 5.68. The lowest BCUT2D eigenvalue weighted by Crippen LogP contribution is -2.48. The zero-order valence-corrected chi connectivity index (χ0v) is 13.6. The summed E-state index contributed by atoms with van der Waals surface area (Å²) in [6.45, 7) is 9.82. The van der Waals surface area contributed by atoms with Crippen LogP contribution in [0, 0.1) is 26.7 Å². The van der Waals surface area contributed by atoms with E-state index in [4.69, 9.17) is 0 Å². The van der Waals surface area contributed by atoms with E-state index in [2.05, 4.69) is 27.6 Å². The third-order valence-electron chi connectivity index (χ3n) is 4.40. The molecular weight excluding hydrogens is 278 g/mol. The number of aryl methyl sites for hydroxylation is 3. The molecule has 1 amide bonds. The number of carbonyl (C=O) groups is 1. The van der Waals surface area contributed by atoms with Crippen LogP contribution in [0.4, 0.5) is 0 Å². The number of hydrogen-bond acceptors (Lipinski definition) is 4. The third kappa shape index (κ3) is 2.59. The van der Waals surface area contributed by atoms with Crippen molar-refractivity contribution < 1.29 is 4.79 Å². The fourth-order valence-corrected chi connectivity index (χ4v) is 3.16. The lowest BCUT2D eigenvalue weighted by Gasteiger charge is -2.30. The first-order chi connectivity index (χ1) is 10.5. The van der Waals surface area contributed by atoms with Gasteiger partial charge in [0.2, 0.25) is 0 Å². The molecule has 2 unspecified atom stereocenters. The Labute approximate surface area is 130 Å². The van der Waals surface area contributed by atoms with Gasteiger partial charge in [0, 0.05) is 17.4 Å². The summed E-state index contributed by atoms with van der Waals surface area (Å²) in [5.41, 5.74) is 3.85. The van der Waals surface area contributed by atoms with Crippen LogP contribution in [0.1, 0.15) is 40.8 Å². The van der Waals surface area contributed by atoms with Crippen LogP contribution in [0.5, 0.6) is 0 Å². The van der Waals surface area contributed by atoms with Crippen molar-refractivity contribution in [1.82, 2.24) is 25.2 Å². The van der Waals surface area contributed by atoms with Gasteiger partial charge >= 0.3 is 0 Å². The number of amides is 1. The highest BCUT2D eigenvalue weighted by molar-refractivity contribution is 6.01. The van der Waals surface area contributed by atoms with Crippen LogP contribution in [0.15, 0.2) is 6.07 Å². The molecule has 0 aliphatic carbocycles. The largest absolute Gasteiger partial charge is 0.349 e. The Morgan fingerprint density at radius 1 is 1.41 bits per heavy atom. The number of hydrogen-bond donors (Lipinski definition) is 2. The van der Waals surface area contributed by atoms with Gasteiger partial charge in [-0.1, -0.05) is 6.92 Å². The van der Waals surface area contributed by atoms with Crippen molar-refractivity contribution in [3.05, 3.63) is 28.7 Å². The molecule has 0 radical (unpaired) electrons. The molecular formula is C16H23N5O. The molecule has 118 valence electrons. The summed E-state index contributed by atoms with van der Waals surface area (Å²) in [5.74, 6) is 0.361. The highest BCUT2D eigenvalue weighted by Crippen LogP contribution is 2.18. The number of piperidine rings is 1. The average molecular weight is 301 g/mol. The summed E-state index contributed by atoms with van der Waals surface area (Å²) >= 11 is 0. The van der Waals surface area contributed by atoms with Gasteiger partial charge in [0.25, 0.3) is 5.91 Å². The van der Waals surface area contributed by atoms with Crippen LogP contribution in [0.2, 0.25) is 0 Å². The van der Waals surface area contributed by atoms with Gasteiger partial charge < -0.3 is 10.6 Å². The molecule has 0 aromatic carbocycles. The summed E-state index contributed by atoms with van der Waals surface area (Å²) in [6, 6.07) is 2.17. The average Bonchev–Trinajstić information content (AvgIpc) is 2.78. The Hall–Kier alpha value is -1.95. The minimum atomic E-state index is -0.0660. The lowest BCUT2D eigenvalue weighted by atomic mass is 9.95. The van der Waals surface area contributed by atoms with E-state index < -0.39 is 0 Å². The summed E-state index contributed by atoms with van der Waals surface area (Å²) < 4.78 is 1.75. The van der Waals surface area contributed by atoms with E-state index >= 15 is 0 Å². The van der Waals surface area contributed by atoms with Crippen LogP contribution >= 0.6 is 0 Å². The van der Waals surface area contributed by atoms with Crippen LogP contribution < -0.4 is 10.6 Å². The molecule has 1 aliphatic rings. The molecule has 1 aliphatic heterocycles. The fourth-order valence-electron chi connectivity index (χ4n) is 3.16. The maximum Gasteiger partial charge on any atom is 0.257 e. The molecule has 2 aromatic rings. The van der Waals surface area contributed by atoms with Gasteiger partial charge in [-0.25, -0.2) is 9.50 Å². The van der Waals surface area contributed by atoms with E-state index in [1.165, 1.54) is 0 Å². The fraction of sp³-hybridized carbons (Fsp3) is 0.562. The Balaban J connectivity index is 1.95. The molecule has 3 heterocycles. The van der Waals surface area contributed by atoms with E-state index in [1.54, 1.807) is 4.52 Å². The first-order valence-corrected chi connectivity index (χ1v) is 7.82. The van der Waals surface area contributed by atoms with Crippen LogP contribution in [0.25, 0.3) is 5.65 Å². The normalized spacial score (nSPS) is 22.0. The lowest BCUT2D eigenvalue weighted by molar-refractivity contribution is 0.0915. The molecule has 0 bridgehead atoms. The van der Waals surface area contributed by atoms with Gasteiger partial charge in [0.05, 0.1) is 5.69 Å². The molecule has 0 saturated carbocycles. The van der Waals surface area contributed by atoms with Crippen molar-refractivity contribution >= 4 is 11.6 Å². The Morgan fingerprint density at radius 3 is 2.91 bits per heavy atom. The maximum atomic E-state index is 12.8. The van der Waals surface area contributed by atoms with Crippen LogP contribution in [-0.2, 0) is 0 Å². The number of nitrogens with one attached hydrogen (secondary N) is 2. The zero-order chi connectivity index (χ0) is 15.9. The summed E-state index contributed by atoms with van der Waals surface area (Å²) in [4.78, 5) is 17.3. The molecule has 3 rings (SSSR count). The molecule has 2 atom stereocenters. The quantitative estimate of drug-likeness (QED) is 0.879. The van der Waals surface area contributed by atoms with Gasteiger partial charge in [-0.3, -0.25) is 4.79 Å². The van der Waals surface area contributed by atoms with Crippen molar-refractivity contribution in [3.63, 3.8) is 0 Å². The number of rotatable bonds is 2. The topological polar surface area (TPSA) is 71.3 Å². The van der Waals surface area contributed by atoms with Crippen molar-refractivity contribution in [2.45, 2.75) is 40.2 Å². The highest BCUT2D eigenvalue weighted by Gasteiger charge is 2.26. The van der Waals surface area contributed by atoms with Crippen molar-refractivity contribution in [3.8, 4) is 0 Å². The first-order valence-electron chi connectivity index (χ1n) is 7.82. The molecule has 1 fully saturated rings. The summed E-state index contributed by atoms with van der Waals surface area (Å²) in [6.07, 6.45) is 0.955. The third-order valence-corrected chi connectivity index (χ3v) is 4.40. The number of nitrogens with zero attached hydrogens (tertiary/aromatic N) is 3. The summed E-state index contributed by atoms with van der Waals surface area (Å²) in [7, 11) is 0. The van der Waals surface area contributed by atoms with Gasteiger partial charge in [-0.15, -0.1) is 0 Å². The van der Waals surface area contributed by atoms with Gasteiger partial charge in [0.15, 0.2) is 5.65 Å². The number of fused-ring (bicyclic) bond motifs is 1. The standard InChI is InChI=1S/C16H23N5O/c1-9-8-17-6-5-13(9)19-16(22)14-12(4)20-21-11(3)7-10(2)18-15(14)21/h7,9,13,17H,5-6,8H2,1-4H3,(H,19,22). The van der Waals surface area contributed by atoms with E-state index in [0.717, 1.165) is 36.6 Å². The monoisotopic (exact) mass is 301 g/mol. The molecule has 2 aromatic heterocycles. The Kier molecular flexibility index (Phi) is 3.87. The molecule has 22 heavy (non-hydrogen) atoms. The zero-order valence-electron chi connectivity index (χ0n) is 13.6. The van der Waals surface area contributed by atoms with Gasteiger partial charge in [-0.05, 0) is 52.3 Å². The molecule has 2 N–H and O–H groups in total. The van der Waals surface area contributed by atoms with Crippen LogP contribution in [0.3, 0.4) is 0 Å². The predicted octanol–water partition coefficient (Wildman–Crippen LogP) is 1.38. The Morgan fingerprint density at radius 2 is 2.18 bits per heavy atom.